The molecule has 1 N–H and O–H groups in total. The Morgan fingerprint density at radius 3 is 1.97 bits per heavy atom. The van der Waals surface area contributed by atoms with Crippen molar-refractivity contribution in [3.63, 3.8) is 0 Å². The summed E-state index contributed by atoms with van der Waals surface area (Å²) >= 11 is 0. The third-order valence-electron chi connectivity index (χ3n) is 6.56. The number of aromatic nitrogens is 1. The normalized spacial score (nSPS) is 10.6. The third-order valence-corrected chi connectivity index (χ3v) is 6.56. The van der Waals surface area contributed by atoms with E-state index in [0.717, 1.165) is 12.0 Å². The fraction of sp³-hybridized carbons (Fsp3) is 0.188. The van der Waals surface area contributed by atoms with E-state index in [9.17, 15) is 19.5 Å². The minimum Gasteiger partial charge on any atom is -0.481 e. The van der Waals surface area contributed by atoms with Crippen molar-refractivity contribution in [1.29, 1.82) is 0 Å². The lowest BCUT2D eigenvalue weighted by molar-refractivity contribution is -0.137. The Bertz CT molecular complexity index is 1420. The summed E-state index contributed by atoms with van der Waals surface area (Å²) in [6.45, 7) is 0.515. The van der Waals surface area contributed by atoms with Crippen LogP contribution < -0.4 is 4.90 Å². The topological polar surface area (TPSA) is 90.8 Å². The second-order valence-corrected chi connectivity index (χ2v) is 9.19. The van der Waals surface area contributed by atoms with Crippen molar-refractivity contribution in [1.82, 2.24) is 9.88 Å². The van der Waals surface area contributed by atoms with Gasteiger partial charge in [0.1, 0.15) is 0 Å². The van der Waals surface area contributed by atoms with Crippen LogP contribution >= 0.6 is 0 Å². The van der Waals surface area contributed by atoms with Crippen molar-refractivity contribution in [3.05, 3.63) is 120 Å². The molecule has 0 aliphatic heterocycles. The summed E-state index contributed by atoms with van der Waals surface area (Å²) in [7, 11) is 1.69. The number of aliphatic carboxylic acids is 1. The molecule has 2 amide bonds. The molecule has 39 heavy (non-hydrogen) atoms. The highest BCUT2D eigenvalue weighted by Gasteiger charge is 2.24. The van der Waals surface area contributed by atoms with Gasteiger partial charge in [-0.2, -0.15) is 0 Å². The summed E-state index contributed by atoms with van der Waals surface area (Å²) in [5.74, 6) is -1.45. The summed E-state index contributed by atoms with van der Waals surface area (Å²) in [5, 5.41) is 9.31. The molecule has 0 radical (unpaired) electrons. The van der Waals surface area contributed by atoms with Crippen LogP contribution in [0.3, 0.4) is 0 Å². The van der Waals surface area contributed by atoms with Crippen LogP contribution in [0.25, 0.3) is 11.1 Å². The van der Waals surface area contributed by atoms with E-state index in [4.69, 9.17) is 0 Å². The minimum atomic E-state index is -0.960. The molecule has 4 rings (SSSR count). The van der Waals surface area contributed by atoms with E-state index >= 15 is 0 Å². The number of benzene rings is 3. The largest absolute Gasteiger partial charge is 0.481 e. The Morgan fingerprint density at radius 1 is 0.744 bits per heavy atom. The van der Waals surface area contributed by atoms with E-state index in [1.165, 1.54) is 4.90 Å². The molecule has 0 bridgehead atoms. The van der Waals surface area contributed by atoms with Crippen molar-refractivity contribution in [2.75, 3.05) is 25.0 Å². The van der Waals surface area contributed by atoms with Gasteiger partial charge in [0, 0.05) is 37.5 Å². The van der Waals surface area contributed by atoms with Gasteiger partial charge in [-0.25, -0.2) is 0 Å². The first kappa shape index (κ1) is 27.3. The summed E-state index contributed by atoms with van der Waals surface area (Å²) < 4.78 is 0. The number of amides is 2. The maximum Gasteiger partial charge on any atom is 0.305 e. The Kier molecular flexibility index (Phi) is 9.19. The zero-order valence-corrected chi connectivity index (χ0v) is 21.9. The van der Waals surface area contributed by atoms with Crippen LogP contribution in [0.1, 0.15) is 39.1 Å². The second-order valence-electron chi connectivity index (χ2n) is 9.19. The molecule has 3 aromatic carbocycles. The van der Waals surface area contributed by atoms with Crippen molar-refractivity contribution in [2.24, 2.45) is 0 Å². The SMILES string of the molecule is CN(C(=O)c1ccccc1-c1ccccc1C(=O)N(CCCc1ccccc1)CCC(=O)O)c1cccnc1. The molecule has 0 fully saturated rings. The molecule has 1 heterocycles. The Balaban J connectivity index is 1.63. The molecule has 0 saturated carbocycles. The van der Waals surface area contributed by atoms with E-state index in [1.54, 1.807) is 60.7 Å². The Hall–Kier alpha value is -4.78. The van der Waals surface area contributed by atoms with Gasteiger partial charge in [-0.05, 0) is 53.8 Å². The molecule has 1 aromatic heterocycles. The van der Waals surface area contributed by atoms with Crippen LogP contribution in [0, 0.1) is 0 Å². The molecule has 198 valence electrons. The zero-order valence-electron chi connectivity index (χ0n) is 21.9. The molecule has 4 aromatic rings. The first-order valence-electron chi connectivity index (χ1n) is 12.9. The molecule has 0 spiro atoms. The molecule has 0 unspecified atom stereocenters. The lowest BCUT2D eigenvalue weighted by atomic mass is 9.94. The monoisotopic (exact) mass is 521 g/mol. The molecule has 0 atom stereocenters. The Labute approximate surface area is 228 Å². The standard InChI is InChI=1S/C32H31N3O4/c1-34(25-14-9-20-33-23-25)31(38)28-17-7-5-15-26(28)27-16-6-8-18-29(27)32(39)35(22-19-30(36)37)21-10-13-24-11-3-2-4-12-24/h2-9,11-12,14-18,20,23H,10,13,19,21-22H2,1H3,(H,36,37). The van der Waals surface area contributed by atoms with E-state index in [2.05, 4.69) is 4.98 Å². The molecule has 7 heteroatoms. The summed E-state index contributed by atoms with van der Waals surface area (Å²) in [4.78, 5) is 46.0. The predicted octanol–water partition coefficient (Wildman–Crippen LogP) is 5.57. The van der Waals surface area contributed by atoms with Gasteiger partial charge in [-0.1, -0.05) is 66.7 Å². The number of carboxylic acids is 1. The first-order valence-corrected chi connectivity index (χ1v) is 12.9. The lowest BCUT2D eigenvalue weighted by Gasteiger charge is -2.24. The van der Waals surface area contributed by atoms with Gasteiger partial charge in [0.2, 0.25) is 0 Å². The predicted molar refractivity (Wildman–Crippen MR) is 152 cm³/mol. The van der Waals surface area contributed by atoms with E-state index < -0.39 is 5.97 Å². The fourth-order valence-corrected chi connectivity index (χ4v) is 4.49. The van der Waals surface area contributed by atoms with Gasteiger partial charge >= 0.3 is 5.97 Å². The number of hydrogen-bond acceptors (Lipinski definition) is 4. The van der Waals surface area contributed by atoms with Crippen LogP contribution in [-0.2, 0) is 11.2 Å². The van der Waals surface area contributed by atoms with Gasteiger partial charge in [0.15, 0.2) is 0 Å². The van der Waals surface area contributed by atoms with Crippen molar-refractivity contribution >= 4 is 23.5 Å². The van der Waals surface area contributed by atoms with Crippen LogP contribution in [0.2, 0.25) is 0 Å². The highest BCUT2D eigenvalue weighted by atomic mass is 16.4. The lowest BCUT2D eigenvalue weighted by Crippen LogP contribution is -2.34. The van der Waals surface area contributed by atoms with Gasteiger partial charge in [0.25, 0.3) is 11.8 Å². The highest BCUT2D eigenvalue weighted by Crippen LogP contribution is 2.30. The maximum atomic E-state index is 13.9. The summed E-state index contributed by atoms with van der Waals surface area (Å²) in [6, 6.07) is 27.9. The van der Waals surface area contributed by atoms with E-state index in [0.29, 0.717) is 40.9 Å². The summed E-state index contributed by atoms with van der Waals surface area (Å²) in [6.07, 6.45) is 4.59. The molecular formula is C32H31N3O4. The molecule has 0 aliphatic carbocycles. The molecular weight excluding hydrogens is 490 g/mol. The number of hydrogen-bond donors (Lipinski definition) is 1. The van der Waals surface area contributed by atoms with Crippen LogP contribution in [0.5, 0.6) is 0 Å². The van der Waals surface area contributed by atoms with E-state index in [-0.39, 0.29) is 24.8 Å². The second kappa shape index (κ2) is 13.1. The third kappa shape index (κ3) is 6.96. The van der Waals surface area contributed by atoms with Crippen LogP contribution in [-0.4, -0.2) is 52.9 Å². The molecule has 7 nitrogen and oxygen atoms in total. The zero-order chi connectivity index (χ0) is 27.6. The minimum absolute atomic E-state index is 0.0988. The summed E-state index contributed by atoms with van der Waals surface area (Å²) in [5.41, 5.74) is 3.94. The maximum absolute atomic E-state index is 13.9. The number of carboxylic acid groups (broad SMARTS) is 1. The highest BCUT2D eigenvalue weighted by molar-refractivity contribution is 6.11. The Morgan fingerprint density at radius 2 is 1.36 bits per heavy atom. The smallest absolute Gasteiger partial charge is 0.305 e. The van der Waals surface area contributed by atoms with Crippen molar-refractivity contribution < 1.29 is 19.5 Å². The molecule has 0 aliphatic rings. The number of rotatable bonds is 11. The van der Waals surface area contributed by atoms with Crippen LogP contribution in [0.4, 0.5) is 5.69 Å². The van der Waals surface area contributed by atoms with Gasteiger partial charge in [-0.3, -0.25) is 19.4 Å². The number of pyridine rings is 1. The fourth-order valence-electron chi connectivity index (χ4n) is 4.49. The van der Waals surface area contributed by atoms with Crippen molar-refractivity contribution in [3.8, 4) is 11.1 Å². The average Bonchev–Trinajstić information content (AvgIpc) is 2.98. The van der Waals surface area contributed by atoms with Gasteiger partial charge in [-0.15, -0.1) is 0 Å². The van der Waals surface area contributed by atoms with Crippen molar-refractivity contribution in [2.45, 2.75) is 19.3 Å². The average molecular weight is 522 g/mol. The quantitative estimate of drug-likeness (QED) is 0.278. The number of aryl methyl sites for hydroxylation is 1. The van der Waals surface area contributed by atoms with Crippen LogP contribution in [0.15, 0.2) is 103 Å². The number of carbonyl (C=O) groups excluding carboxylic acids is 2. The van der Waals surface area contributed by atoms with E-state index in [1.807, 2.05) is 54.6 Å². The van der Waals surface area contributed by atoms with Gasteiger partial charge < -0.3 is 14.9 Å². The number of nitrogens with zero attached hydrogens (tertiary/aromatic N) is 3. The number of carbonyl (C=O) groups is 3. The van der Waals surface area contributed by atoms with Gasteiger partial charge in [0.05, 0.1) is 18.3 Å². The molecule has 0 saturated heterocycles. The first-order chi connectivity index (χ1) is 19.0. The number of anilines is 1.